The first-order valence-corrected chi connectivity index (χ1v) is 16.8. The van der Waals surface area contributed by atoms with Gasteiger partial charge < -0.3 is 4.74 Å². The van der Waals surface area contributed by atoms with E-state index in [9.17, 15) is 0 Å². The Morgan fingerprint density at radius 3 is 1.80 bits per heavy atom. The van der Waals surface area contributed by atoms with Crippen molar-refractivity contribution >= 4 is 53.9 Å². The summed E-state index contributed by atoms with van der Waals surface area (Å²) < 4.78 is 94.0. The van der Waals surface area contributed by atoms with Crippen LogP contribution in [0.15, 0.2) is 182 Å². The molecule has 0 unspecified atom stereocenters. The molecule has 1 heterocycles. The van der Waals surface area contributed by atoms with Crippen molar-refractivity contribution in [2.24, 2.45) is 0 Å². The maximum atomic E-state index is 9.17. The molecule has 1 aliphatic rings. The highest BCUT2D eigenvalue weighted by Gasteiger charge is 2.26. The molecule has 1 heteroatoms. The van der Waals surface area contributed by atoms with Crippen LogP contribution in [-0.4, -0.2) is 0 Å². The zero-order chi connectivity index (χ0) is 42.2. The number of hydrogen-bond donors (Lipinski definition) is 0. The molecule has 236 valence electrons. The second-order valence-corrected chi connectivity index (χ2v) is 12.8. The Hall–Kier alpha value is -6.70. The SMILES string of the molecule is [2H]c1c([2H])c([2H])c(-c2cccc3c2ccc2c(-c4c([2H])c([2H])c([2H])c([2H])c4[2H])c4ccccc4c(-c4ccc5c6c(cccc46)Oc4c-5ccc5ccccc45)c23)c([2H])c1[2H]. The molecule has 0 radical (unpaired) electrons. The highest BCUT2D eigenvalue weighted by Crippen LogP contribution is 2.53. The minimum Gasteiger partial charge on any atom is -0.455 e. The van der Waals surface area contributed by atoms with Gasteiger partial charge >= 0.3 is 0 Å². The zero-order valence-corrected chi connectivity index (χ0v) is 27.0. The third-order valence-corrected chi connectivity index (χ3v) is 10.2. The molecule has 11 rings (SSSR count). The Morgan fingerprint density at radius 2 is 0.980 bits per heavy atom. The molecule has 0 fully saturated rings. The normalized spacial score (nSPS) is 14.8. The van der Waals surface area contributed by atoms with Crippen molar-refractivity contribution in [2.45, 2.75) is 0 Å². The summed E-state index contributed by atoms with van der Waals surface area (Å²) in [5.41, 5.74) is 4.69. The van der Waals surface area contributed by atoms with Crippen LogP contribution in [0.2, 0.25) is 0 Å². The van der Waals surface area contributed by atoms with E-state index < -0.39 is 36.3 Å². The van der Waals surface area contributed by atoms with E-state index in [4.69, 9.17) is 18.4 Å². The molecule has 0 atom stereocenters. The Kier molecular flexibility index (Phi) is 4.29. The van der Waals surface area contributed by atoms with E-state index in [0.29, 0.717) is 43.8 Å². The van der Waals surface area contributed by atoms with Crippen LogP contribution in [0.25, 0.3) is 98.4 Å². The quantitative estimate of drug-likeness (QED) is 0.136. The van der Waals surface area contributed by atoms with Crippen molar-refractivity contribution in [3.05, 3.63) is 182 Å². The predicted molar refractivity (Wildman–Crippen MR) is 216 cm³/mol. The number of hydrogen-bond acceptors (Lipinski definition) is 1. The van der Waals surface area contributed by atoms with E-state index in [2.05, 4.69) is 42.5 Å². The van der Waals surface area contributed by atoms with Crippen molar-refractivity contribution < 1.29 is 18.4 Å². The van der Waals surface area contributed by atoms with Crippen LogP contribution in [0.4, 0.5) is 0 Å². The summed E-state index contributed by atoms with van der Waals surface area (Å²) in [5, 5.41) is 7.98. The molecule has 10 aromatic carbocycles. The summed E-state index contributed by atoms with van der Waals surface area (Å²) >= 11 is 0. The Labute approximate surface area is 309 Å². The Balaban J connectivity index is 1.33. The summed E-state index contributed by atoms with van der Waals surface area (Å²) in [6.45, 7) is 0. The van der Waals surface area contributed by atoms with Gasteiger partial charge in [-0.2, -0.15) is 0 Å². The first kappa shape index (κ1) is 20.1. The zero-order valence-electron chi connectivity index (χ0n) is 37.0. The molecule has 0 amide bonds. The lowest BCUT2D eigenvalue weighted by Crippen LogP contribution is -1.99. The highest BCUT2D eigenvalue weighted by molar-refractivity contribution is 6.31. The van der Waals surface area contributed by atoms with Crippen LogP contribution in [0.3, 0.4) is 0 Å². The third kappa shape index (κ3) is 4.09. The van der Waals surface area contributed by atoms with Gasteiger partial charge in [0.05, 0.1) is 13.7 Å². The van der Waals surface area contributed by atoms with Crippen LogP contribution in [0.5, 0.6) is 11.5 Å². The minimum atomic E-state index is -0.488. The van der Waals surface area contributed by atoms with Crippen LogP contribution < -0.4 is 4.74 Å². The largest absolute Gasteiger partial charge is 0.455 e. The fourth-order valence-electron chi connectivity index (χ4n) is 8.14. The van der Waals surface area contributed by atoms with Gasteiger partial charge in [0.25, 0.3) is 0 Å². The summed E-state index contributed by atoms with van der Waals surface area (Å²) in [5.74, 6) is 1.49. The lowest BCUT2D eigenvalue weighted by Gasteiger charge is -2.25. The first-order valence-electron chi connectivity index (χ1n) is 21.8. The second kappa shape index (κ2) is 10.9. The molecule has 0 bridgehead atoms. The Bertz CT molecular complexity index is 3580. The van der Waals surface area contributed by atoms with Gasteiger partial charge in [-0.25, -0.2) is 0 Å². The number of benzene rings is 10. The van der Waals surface area contributed by atoms with Crippen LogP contribution in [0, 0.1) is 0 Å². The Morgan fingerprint density at radius 1 is 0.353 bits per heavy atom. The lowest BCUT2D eigenvalue weighted by atomic mass is 9.81. The molecule has 0 aliphatic carbocycles. The molecular formula is C50H30O. The van der Waals surface area contributed by atoms with E-state index in [1.807, 2.05) is 66.7 Å². The summed E-state index contributed by atoms with van der Waals surface area (Å²) in [7, 11) is 0. The van der Waals surface area contributed by atoms with Crippen LogP contribution in [-0.2, 0) is 0 Å². The average Bonchev–Trinajstić information content (AvgIpc) is 3.29. The molecular weight excluding hydrogens is 617 g/mol. The molecule has 0 saturated heterocycles. The molecule has 0 N–H and O–H groups in total. The number of ether oxygens (including phenoxy) is 1. The summed E-state index contributed by atoms with van der Waals surface area (Å²) in [6, 6.07) is 35.4. The molecule has 10 aromatic rings. The van der Waals surface area contributed by atoms with Gasteiger partial charge in [0.2, 0.25) is 0 Å². The van der Waals surface area contributed by atoms with E-state index in [1.54, 1.807) is 12.1 Å². The fourth-order valence-corrected chi connectivity index (χ4v) is 8.14. The molecule has 0 saturated carbocycles. The number of rotatable bonds is 3. The van der Waals surface area contributed by atoms with E-state index in [-0.39, 0.29) is 35.3 Å². The van der Waals surface area contributed by atoms with Crippen LogP contribution >= 0.6 is 0 Å². The van der Waals surface area contributed by atoms with Crippen molar-refractivity contribution in [1.29, 1.82) is 0 Å². The van der Waals surface area contributed by atoms with Crippen molar-refractivity contribution in [3.8, 4) is 56.0 Å². The molecule has 0 aromatic heterocycles. The van der Waals surface area contributed by atoms with Gasteiger partial charge in [-0.1, -0.05) is 170 Å². The minimum absolute atomic E-state index is 0.0639. The van der Waals surface area contributed by atoms with E-state index in [1.165, 1.54) is 0 Å². The number of fused-ring (bicyclic) bond motifs is 8. The predicted octanol–water partition coefficient (Wildman–Crippen LogP) is 14.2. The molecule has 1 aliphatic heterocycles. The van der Waals surface area contributed by atoms with Gasteiger partial charge in [-0.15, -0.1) is 0 Å². The topological polar surface area (TPSA) is 9.23 Å². The maximum Gasteiger partial charge on any atom is 0.143 e. The van der Waals surface area contributed by atoms with Crippen molar-refractivity contribution in [2.75, 3.05) is 0 Å². The van der Waals surface area contributed by atoms with Gasteiger partial charge in [0.1, 0.15) is 11.5 Å². The maximum absolute atomic E-state index is 9.17. The molecule has 51 heavy (non-hydrogen) atoms. The average molecular weight is 657 g/mol. The lowest BCUT2D eigenvalue weighted by molar-refractivity contribution is 0.493. The highest BCUT2D eigenvalue weighted by atomic mass is 16.5. The monoisotopic (exact) mass is 656 g/mol. The van der Waals surface area contributed by atoms with Gasteiger partial charge in [0.15, 0.2) is 0 Å². The van der Waals surface area contributed by atoms with Gasteiger partial charge in [-0.3, -0.25) is 0 Å². The second-order valence-electron chi connectivity index (χ2n) is 12.8. The third-order valence-electron chi connectivity index (χ3n) is 10.2. The molecule has 1 nitrogen and oxygen atoms in total. The smallest absolute Gasteiger partial charge is 0.143 e. The van der Waals surface area contributed by atoms with Gasteiger partial charge in [0, 0.05) is 16.3 Å². The first-order chi connectivity index (χ1) is 29.5. The summed E-state index contributed by atoms with van der Waals surface area (Å²) in [6.07, 6.45) is 0. The van der Waals surface area contributed by atoms with E-state index >= 15 is 0 Å². The van der Waals surface area contributed by atoms with Crippen molar-refractivity contribution in [3.63, 3.8) is 0 Å². The summed E-state index contributed by atoms with van der Waals surface area (Å²) in [4.78, 5) is 0. The standard InChI is InChI=1S/C50H30O/c1-3-13-31(14-4-1)34-21-11-22-37-36(34)27-30-44-46(33-16-5-2-6-17-33)38-19-9-10-20-40(38)48(49(37)44)41-28-29-42-43-26-25-32-15-7-8-18-35(32)50(43)51-45-24-12-23-39(41)47(42)45/h1-30H/i1D,2D,3D,4D,5D,6D,13D,14D,16D,17D. The fraction of sp³-hybridized carbons (Fsp3) is 0. The van der Waals surface area contributed by atoms with Gasteiger partial charge in [-0.05, 0) is 94.2 Å². The van der Waals surface area contributed by atoms with Crippen molar-refractivity contribution in [1.82, 2.24) is 0 Å². The van der Waals surface area contributed by atoms with E-state index in [0.717, 1.165) is 54.9 Å². The van der Waals surface area contributed by atoms with Crippen LogP contribution in [0.1, 0.15) is 13.7 Å². The molecule has 0 spiro atoms.